The molecule has 19 heavy (non-hydrogen) atoms. The highest BCUT2D eigenvalue weighted by molar-refractivity contribution is 6.10. The Morgan fingerprint density at radius 1 is 1.32 bits per heavy atom. The van der Waals surface area contributed by atoms with Crippen molar-refractivity contribution in [2.45, 2.75) is 13.8 Å². The lowest BCUT2D eigenvalue weighted by Gasteiger charge is -2.03. The number of nitrogens with two attached hydrogens (primary N) is 1. The zero-order valence-corrected chi connectivity index (χ0v) is 10.7. The van der Waals surface area contributed by atoms with Gasteiger partial charge < -0.3 is 19.6 Å². The summed E-state index contributed by atoms with van der Waals surface area (Å²) in [4.78, 5) is 34.2. The van der Waals surface area contributed by atoms with Gasteiger partial charge in [0.2, 0.25) is 5.88 Å². The molecule has 0 saturated heterocycles. The number of furan rings is 1. The highest BCUT2D eigenvalue weighted by atomic mass is 16.5. The van der Waals surface area contributed by atoms with Crippen molar-refractivity contribution in [1.29, 1.82) is 0 Å². The van der Waals surface area contributed by atoms with Crippen LogP contribution in [-0.4, -0.2) is 31.7 Å². The van der Waals surface area contributed by atoms with Gasteiger partial charge in [-0.3, -0.25) is 10.1 Å². The fraction of sp³-hybridized carbons (Fsp3) is 0.364. The van der Waals surface area contributed by atoms with E-state index in [2.05, 4.69) is 10.1 Å². The van der Waals surface area contributed by atoms with Gasteiger partial charge >= 0.3 is 12.1 Å². The van der Waals surface area contributed by atoms with Gasteiger partial charge in [-0.05, 0) is 13.8 Å². The minimum absolute atomic E-state index is 0.110. The molecule has 1 rings (SSSR count). The Balaban J connectivity index is 3.27. The monoisotopic (exact) mass is 270 g/mol. The van der Waals surface area contributed by atoms with Crippen LogP contribution in [0.3, 0.4) is 0 Å². The highest BCUT2D eigenvalue weighted by Gasteiger charge is 2.29. The van der Waals surface area contributed by atoms with Crippen LogP contribution in [0.1, 0.15) is 33.4 Å². The van der Waals surface area contributed by atoms with E-state index < -0.39 is 18.0 Å². The van der Waals surface area contributed by atoms with Crippen LogP contribution in [0.4, 0.5) is 10.7 Å². The van der Waals surface area contributed by atoms with Crippen LogP contribution in [-0.2, 0) is 9.47 Å². The predicted molar refractivity (Wildman–Crippen MR) is 63.9 cm³/mol. The Bertz CT molecular complexity index is 520. The van der Waals surface area contributed by atoms with E-state index in [1.165, 1.54) is 6.92 Å². The molecule has 0 saturated carbocycles. The van der Waals surface area contributed by atoms with E-state index in [4.69, 9.17) is 14.9 Å². The van der Waals surface area contributed by atoms with Crippen LogP contribution in [0.15, 0.2) is 4.42 Å². The van der Waals surface area contributed by atoms with Gasteiger partial charge in [0.15, 0.2) is 0 Å². The SMILES string of the molecule is CCOC(=O)c1c(C)oc(NC(=O)OC)c1C(N)=O. The number of anilines is 1. The second kappa shape index (κ2) is 5.89. The number of rotatable bonds is 4. The van der Waals surface area contributed by atoms with Crippen molar-refractivity contribution < 1.29 is 28.3 Å². The molecule has 1 aromatic rings. The summed E-state index contributed by atoms with van der Waals surface area (Å²) in [6.45, 7) is 3.19. The third-order valence-electron chi connectivity index (χ3n) is 2.21. The molecule has 0 aliphatic rings. The first-order chi connectivity index (χ1) is 8.92. The van der Waals surface area contributed by atoms with E-state index in [1.54, 1.807) is 6.92 Å². The Hall–Kier alpha value is -2.51. The van der Waals surface area contributed by atoms with Gasteiger partial charge in [0, 0.05) is 0 Å². The quantitative estimate of drug-likeness (QED) is 0.788. The van der Waals surface area contributed by atoms with Crippen LogP contribution in [0, 0.1) is 6.92 Å². The van der Waals surface area contributed by atoms with Gasteiger partial charge in [-0.15, -0.1) is 0 Å². The number of hydrogen-bond donors (Lipinski definition) is 2. The zero-order valence-electron chi connectivity index (χ0n) is 10.7. The second-order valence-electron chi connectivity index (χ2n) is 3.44. The average molecular weight is 270 g/mol. The summed E-state index contributed by atoms with van der Waals surface area (Å²) >= 11 is 0. The molecule has 0 aliphatic heterocycles. The predicted octanol–water partition coefficient (Wildman–Crippen LogP) is 1.04. The largest absolute Gasteiger partial charge is 0.462 e. The molecule has 0 radical (unpaired) electrons. The maximum Gasteiger partial charge on any atom is 0.413 e. The molecule has 0 spiro atoms. The number of hydrogen-bond acceptors (Lipinski definition) is 6. The van der Waals surface area contributed by atoms with E-state index in [0.29, 0.717) is 0 Å². The summed E-state index contributed by atoms with van der Waals surface area (Å²) in [6, 6.07) is 0. The first-order valence-corrected chi connectivity index (χ1v) is 5.37. The van der Waals surface area contributed by atoms with Crippen molar-refractivity contribution in [3.63, 3.8) is 0 Å². The fourth-order valence-corrected chi connectivity index (χ4v) is 1.46. The number of amides is 2. The Labute approximate surface area is 108 Å². The van der Waals surface area contributed by atoms with Crippen LogP contribution < -0.4 is 11.1 Å². The lowest BCUT2D eigenvalue weighted by atomic mass is 10.1. The molecule has 1 aromatic heterocycles. The number of ether oxygens (including phenoxy) is 2. The summed E-state index contributed by atoms with van der Waals surface area (Å²) in [5.74, 6) is -1.82. The number of nitrogens with one attached hydrogen (secondary N) is 1. The Morgan fingerprint density at radius 3 is 2.42 bits per heavy atom. The standard InChI is InChI=1S/C11H14N2O6/c1-4-18-10(15)6-5(2)19-9(7(6)8(12)14)13-11(16)17-3/h4H2,1-3H3,(H2,12,14)(H,13,16). The Morgan fingerprint density at radius 2 is 1.95 bits per heavy atom. The van der Waals surface area contributed by atoms with Crippen molar-refractivity contribution in [1.82, 2.24) is 0 Å². The van der Waals surface area contributed by atoms with Gasteiger partial charge in [0.25, 0.3) is 5.91 Å². The molecule has 0 bridgehead atoms. The molecule has 2 amide bonds. The molecule has 1 heterocycles. The maximum absolute atomic E-state index is 11.7. The van der Waals surface area contributed by atoms with Gasteiger partial charge in [-0.2, -0.15) is 0 Å². The topological polar surface area (TPSA) is 121 Å². The smallest absolute Gasteiger partial charge is 0.413 e. The van der Waals surface area contributed by atoms with E-state index in [9.17, 15) is 14.4 Å². The molecular weight excluding hydrogens is 256 g/mol. The minimum Gasteiger partial charge on any atom is -0.462 e. The summed E-state index contributed by atoms with van der Waals surface area (Å²) in [6.07, 6.45) is -0.855. The van der Waals surface area contributed by atoms with Crippen molar-refractivity contribution in [3.8, 4) is 0 Å². The summed E-state index contributed by atoms with van der Waals surface area (Å²) in [5, 5.41) is 2.16. The van der Waals surface area contributed by atoms with Crippen molar-refractivity contribution in [2.75, 3.05) is 19.0 Å². The lowest BCUT2D eigenvalue weighted by Crippen LogP contribution is -2.20. The number of carbonyl (C=O) groups is 3. The summed E-state index contributed by atoms with van der Waals surface area (Å²) in [7, 11) is 1.14. The van der Waals surface area contributed by atoms with Crippen LogP contribution in [0.25, 0.3) is 0 Å². The van der Waals surface area contributed by atoms with Gasteiger partial charge in [-0.25, -0.2) is 9.59 Å². The molecule has 104 valence electrons. The van der Waals surface area contributed by atoms with E-state index in [-0.39, 0.29) is 29.4 Å². The summed E-state index contributed by atoms with van der Waals surface area (Å²) < 4.78 is 14.3. The van der Waals surface area contributed by atoms with E-state index in [0.717, 1.165) is 7.11 Å². The first-order valence-electron chi connectivity index (χ1n) is 5.37. The molecular formula is C11H14N2O6. The minimum atomic E-state index is -0.925. The molecule has 0 unspecified atom stereocenters. The number of esters is 1. The Kier molecular flexibility index (Phi) is 4.51. The lowest BCUT2D eigenvalue weighted by molar-refractivity contribution is 0.0521. The summed E-state index contributed by atoms with van der Waals surface area (Å²) in [5.41, 5.74) is 4.82. The zero-order chi connectivity index (χ0) is 14.6. The van der Waals surface area contributed by atoms with Gasteiger partial charge in [0.05, 0.1) is 13.7 Å². The number of primary amides is 1. The normalized spacial score (nSPS) is 9.84. The maximum atomic E-state index is 11.7. The third kappa shape index (κ3) is 3.03. The molecule has 0 aromatic carbocycles. The van der Waals surface area contributed by atoms with Crippen molar-refractivity contribution in [3.05, 3.63) is 16.9 Å². The van der Waals surface area contributed by atoms with Gasteiger partial charge in [-0.1, -0.05) is 0 Å². The van der Waals surface area contributed by atoms with Gasteiger partial charge in [0.1, 0.15) is 16.9 Å². The first kappa shape index (κ1) is 14.6. The molecule has 8 heteroatoms. The van der Waals surface area contributed by atoms with Crippen molar-refractivity contribution >= 4 is 23.9 Å². The highest BCUT2D eigenvalue weighted by Crippen LogP contribution is 2.27. The van der Waals surface area contributed by atoms with Crippen molar-refractivity contribution in [2.24, 2.45) is 5.73 Å². The molecule has 0 aliphatic carbocycles. The third-order valence-corrected chi connectivity index (χ3v) is 2.21. The molecule has 0 atom stereocenters. The van der Waals surface area contributed by atoms with E-state index in [1.807, 2.05) is 0 Å². The van der Waals surface area contributed by atoms with Crippen LogP contribution in [0.2, 0.25) is 0 Å². The average Bonchev–Trinajstić information content (AvgIpc) is 2.66. The number of carbonyl (C=O) groups excluding carboxylic acids is 3. The molecule has 8 nitrogen and oxygen atoms in total. The van der Waals surface area contributed by atoms with Crippen LogP contribution in [0.5, 0.6) is 0 Å². The second-order valence-corrected chi connectivity index (χ2v) is 3.44. The number of methoxy groups -OCH3 is 1. The fourth-order valence-electron chi connectivity index (χ4n) is 1.46. The van der Waals surface area contributed by atoms with Crippen LogP contribution >= 0.6 is 0 Å². The molecule has 3 N–H and O–H groups in total. The van der Waals surface area contributed by atoms with E-state index >= 15 is 0 Å². The number of aryl methyl sites for hydroxylation is 1. The molecule has 0 fully saturated rings.